The van der Waals surface area contributed by atoms with Gasteiger partial charge in [-0.1, -0.05) is 17.7 Å². The molecule has 0 aromatic heterocycles. The quantitative estimate of drug-likeness (QED) is 0.744. The maximum absolute atomic E-state index is 13.1. The molecule has 2 rings (SSSR count). The van der Waals surface area contributed by atoms with Gasteiger partial charge in [0.05, 0.1) is 0 Å². The molecule has 1 nitrogen and oxygen atoms in total. The fourth-order valence-corrected chi connectivity index (χ4v) is 2.33. The van der Waals surface area contributed by atoms with E-state index >= 15 is 0 Å². The molecule has 0 saturated heterocycles. The highest BCUT2D eigenvalue weighted by Crippen LogP contribution is 2.22. The third-order valence-corrected chi connectivity index (χ3v) is 3.72. The Morgan fingerprint density at radius 3 is 2.78 bits per heavy atom. The van der Waals surface area contributed by atoms with Gasteiger partial charge in [-0.05, 0) is 71.0 Å². The second-order valence-corrected chi connectivity index (χ2v) is 5.70. The van der Waals surface area contributed by atoms with Gasteiger partial charge in [0.1, 0.15) is 5.82 Å². The average Bonchev–Trinajstić information content (AvgIpc) is 2.34. The van der Waals surface area contributed by atoms with Gasteiger partial charge in [0.25, 0.3) is 0 Å². The lowest BCUT2D eigenvalue weighted by atomic mass is 10.1. The van der Waals surface area contributed by atoms with Crippen molar-refractivity contribution < 1.29 is 4.39 Å². The van der Waals surface area contributed by atoms with Crippen LogP contribution < -0.4 is 5.32 Å². The molecule has 2 aromatic rings. The third kappa shape index (κ3) is 3.36. The van der Waals surface area contributed by atoms with E-state index in [0.29, 0.717) is 11.6 Å². The van der Waals surface area contributed by atoms with Gasteiger partial charge in [-0.3, -0.25) is 0 Å². The predicted octanol–water partition coefficient (Wildman–Crippen LogP) is 5.00. The zero-order valence-electron chi connectivity index (χ0n) is 9.81. The Hall–Kier alpha value is -0.810. The molecule has 0 heterocycles. The molecule has 0 aliphatic heterocycles. The highest BCUT2D eigenvalue weighted by molar-refractivity contribution is 14.1. The Kier molecular flexibility index (Phi) is 4.45. The summed E-state index contributed by atoms with van der Waals surface area (Å²) in [7, 11) is 0. The van der Waals surface area contributed by atoms with Crippen molar-refractivity contribution in [1.82, 2.24) is 0 Å². The van der Waals surface area contributed by atoms with Gasteiger partial charge in [0.2, 0.25) is 0 Å². The summed E-state index contributed by atoms with van der Waals surface area (Å²) in [6.07, 6.45) is 0. The van der Waals surface area contributed by atoms with Crippen molar-refractivity contribution in [2.24, 2.45) is 0 Å². The summed E-state index contributed by atoms with van der Waals surface area (Å²) in [5, 5.41) is 3.86. The molecule has 1 N–H and O–H groups in total. The smallest absolute Gasteiger partial charge is 0.123 e. The fourth-order valence-electron chi connectivity index (χ4n) is 1.65. The van der Waals surface area contributed by atoms with E-state index in [9.17, 15) is 4.39 Å². The molecule has 0 radical (unpaired) electrons. The summed E-state index contributed by atoms with van der Waals surface area (Å²) in [6, 6.07) is 10.6. The lowest BCUT2D eigenvalue weighted by Gasteiger charge is -2.11. The first kappa shape index (κ1) is 13.6. The lowest BCUT2D eigenvalue weighted by molar-refractivity contribution is 0.626. The van der Waals surface area contributed by atoms with Crippen LogP contribution in [-0.4, -0.2) is 0 Å². The van der Waals surface area contributed by atoms with Crippen molar-refractivity contribution in [2.75, 3.05) is 5.32 Å². The molecule has 0 bridgehead atoms. The van der Waals surface area contributed by atoms with E-state index in [0.717, 1.165) is 20.4 Å². The average molecular weight is 376 g/mol. The molecule has 0 spiro atoms. The molecular formula is C14H12ClFIN. The minimum absolute atomic E-state index is 0.268. The van der Waals surface area contributed by atoms with Crippen molar-refractivity contribution in [3.8, 4) is 0 Å². The Bertz CT molecular complexity index is 520. The summed E-state index contributed by atoms with van der Waals surface area (Å²) in [6.45, 7) is 2.54. The molecule has 18 heavy (non-hydrogen) atoms. The summed E-state index contributed by atoms with van der Waals surface area (Å²) in [5.41, 5.74) is 2.96. The molecule has 0 aliphatic carbocycles. The zero-order valence-corrected chi connectivity index (χ0v) is 12.7. The SMILES string of the molecule is Cc1ccc(I)cc1NCc1cc(F)ccc1Cl. The normalized spacial score (nSPS) is 10.4. The number of aryl methyl sites for hydroxylation is 1. The van der Waals surface area contributed by atoms with E-state index in [-0.39, 0.29) is 5.82 Å². The van der Waals surface area contributed by atoms with Crippen LogP contribution >= 0.6 is 34.2 Å². The van der Waals surface area contributed by atoms with Gasteiger partial charge in [-0.2, -0.15) is 0 Å². The highest BCUT2D eigenvalue weighted by Gasteiger charge is 2.04. The molecule has 0 saturated carbocycles. The first-order valence-corrected chi connectivity index (χ1v) is 6.96. The summed E-state index contributed by atoms with van der Waals surface area (Å²) < 4.78 is 14.3. The number of anilines is 1. The monoisotopic (exact) mass is 375 g/mol. The maximum atomic E-state index is 13.1. The van der Waals surface area contributed by atoms with Crippen molar-refractivity contribution >= 4 is 39.9 Å². The minimum Gasteiger partial charge on any atom is -0.381 e. The topological polar surface area (TPSA) is 12.0 Å². The minimum atomic E-state index is -0.268. The first-order chi connectivity index (χ1) is 8.56. The van der Waals surface area contributed by atoms with E-state index in [4.69, 9.17) is 11.6 Å². The predicted molar refractivity (Wildman–Crippen MR) is 82.6 cm³/mol. The second-order valence-electron chi connectivity index (χ2n) is 4.05. The van der Waals surface area contributed by atoms with Crippen LogP contribution in [0.15, 0.2) is 36.4 Å². The molecule has 0 amide bonds. The zero-order chi connectivity index (χ0) is 13.1. The van der Waals surface area contributed by atoms with Crippen LogP contribution in [0.25, 0.3) is 0 Å². The van der Waals surface area contributed by atoms with Crippen LogP contribution in [0.2, 0.25) is 5.02 Å². The third-order valence-electron chi connectivity index (χ3n) is 2.68. The van der Waals surface area contributed by atoms with Gasteiger partial charge in [0.15, 0.2) is 0 Å². The lowest BCUT2D eigenvalue weighted by Crippen LogP contribution is -2.02. The van der Waals surface area contributed by atoms with E-state index in [1.54, 1.807) is 6.07 Å². The van der Waals surface area contributed by atoms with Crippen molar-refractivity contribution in [2.45, 2.75) is 13.5 Å². The van der Waals surface area contributed by atoms with Crippen molar-refractivity contribution in [3.05, 3.63) is 61.9 Å². The number of benzene rings is 2. The largest absolute Gasteiger partial charge is 0.381 e. The number of hydrogen-bond donors (Lipinski definition) is 1. The van der Waals surface area contributed by atoms with Gasteiger partial charge < -0.3 is 5.32 Å². The van der Waals surface area contributed by atoms with Gasteiger partial charge >= 0.3 is 0 Å². The maximum Gasteiger partial charge on any atom is 0.123 e. The fraction of sp³-hybridized carbons (Fsp3) is 0.143. The first-order valence-electron chi connectivity index (χ1n) is 5.50. The molecule has 0 aliphatic rings. The van der Waals surface area contributed by atoms with Crippen molar-refractivity contribution in [1.29, 1.82) is 0 Å². The van der Waals surface area contributed by atoms with E-state index in [1.165, 1.54) is 12.1 Å². The summed E-state index contributed by atoms with van der Waals surface area (Å²) in [4.78, 5) is 0. The standard InChI is InChI=1S/C14H12ClFIN/c1-9-2-4-12(17)7-14(9)18-8-10-6-11(16)3-5-13(10)15/h2-7,18H,8H2,1H3. The molecule has 4 heteroatoms. The van der Waals surface area contributed by atoms with Crippen LogP contribution in [0.5, 0.6) is 0 Å². The van der Waals surface area contributed by atoms with E-state index in [2.05, 4.69) is 46.1 Å². The van der Waals surface area contributed by atoms with Crippen LogP contribution in [0.1, 0.15) is 11.1 Å². The number of halogens is 3. The number of rotatable bonds is 3. The Morgan fingerprint density at radius 2 is 2.00 bits per heavy atom. The van der Waals surface area contributed by atoms with Crippen LogP contribution in [0, 0.1) is 16.3 Å². The van der Waals surface area contributed by atoms with Gasteiger partial charge in [0, 0.05) is 20.8 Å². The molecule has 0 fully saturated rings. The summed E-state index contributed by atoms with van der Waals surface area (Å²) >= 11 is 8.29. The summed E-state index contributed by atoms with van der Waals surface area (Å²) in [5.74, 6) is -0.268. The Morgan fingerprint density at radius 1 is 1.22 bits per heavy atom. The van der Waals surface area contributed by atoms with Crippen LogP contribution in [0.3, 0.4) is 0 Å². The molecule has 0 unspecified atom stereocenters. The van der Waals surface area contributed by atoms with E-state index < -0.39 is 0 Å². The van der Waals surface area contributed by atoms with Crippen molar-refractivity contribution in [3.63, 3.8) is 0 Å². The van der Waals surface area contributed by atoms with Gasteiger partial charge in [-0.15, -0.1) is 0 Å². The van der Waals surface area contributed by atoms with Gasteiger partial charge in [-0.25, -0.2) is 4.39 Å². The second kappa shape index (κ2) is 5.89. The highest BCUT2D eigenvalue weighted by atomic mass is 127. The Labute approximate surface area is 124 Å². The molecular weight excluding hydrogens is 364 g/mol. The number of nitrogens with one attached hydrogen (secondary N) is 1. The number of hydrogen-bond acceptors (Lipinski definition) is 1. The van der Waals surface area contributed by atoms with Crippen LogP contribution in [-0.2, 0) is 6.54 Å². The van der Waals surface area contributed by atoms with E-state index in [1.807, 2.05) is 6.92 Å². The molecule has 94 valence electrons. The molecule has 0 atom stereocenters. The van der Waals surface area contributed by atoms with Crippen LogP contribution in [0.4, 0.5) is 10.1 Å². The Balaban J connectivity index is 2.16. The molecule has 2 aromatic carbocycles.